The maximum absolute atomic E-state index is 14.8. The van der Waals surface area contributed by atoms with Gasteiger partial charge in [-0.05, 0) is 41.8 Å². The van der Waals surface area contributed by atoms with Crippen LogP contribution in [0.3, 0.4) is 0 Å². The Morgan fingerprint density at radius 3 is 2.50 bits per heavy atom. The van der Waals surface area contributed by atoms with Gasteiger partial charge in [0.1, 0.15) is 11.6 Å². The number of likely N-dealkylation sites (tertiary alicyclic amines) is 1. The third kappa shape index (κ3) is 6.11. The van der Waals surface area contributed by atoms with E-state index in [0.29, 0.717) is 37.4 Å². The molecule has 200 valence electrons. The minimum Gasteiger partial charge on any atom is -0.508 e. The number of hydrogen-bond donors (Lipinski definition) is 1. The quantitative estimate of drug-likeness (QED) is 0.424. The Morgan fingerprint density at radius 1 is 1.05 bits per heavy atom. The van der Waals surface area contributed by atoms with E-state index in [1.807, 2.05) is 36.4 Å². The predicted molar refractivity (Wildman–Crippen MR) is 145 cm³/mol. The molecule has 1 aliphatic heterocycles. The average molecular weight is 519 g/mol. The van der Waals surface area contributed by atoms with Crippen molar-refractivity contribution in [1.29, 1.82) is 0 Å². The monoisotopic (exact) mass is 518 g/mol. The van der Waals surface area contributed by atoms with Gasteiger partial charge in [0.25, 0.3) is 0 Å². The second kappa shape index (κ2) is 12.3. The van der Waals surface area contributed by atoms with E-state index in [-0.39, 0.29) is 35.7 Å². The number of amides is 1. The molecule has 1 fully saturated rings. The molecule has 1 aliphatic rings. The molecule has 38 heavy (non-hydrogen) atoms. The number of piperidine rings is 1. The molecule has 1 heterocycles. The Hall–Kier alpha value is -3.55. The lowest BCUT2D eigenvalue weighted by Crippen LogP contribution is -2.58. The van der Waals surface area contributed by atoms with Crippen molar-refractivity contribution in [2.24, 2.45) is 5.92 Å². The first-order chi connectivity index (χ1) is 18.3. The number of benzene rings is 3. The number of rotatable bonds is 9. The highest BCUT2D eigenvalue weighted by Gasteiger charge is 2.45. The van der Waals surface area contributed by atoms with Gasteiger partial charge in [-0.1, -0.05) is 54.6 Å². The van der Waals surface area contributed by atoms with Crippen LogP contribution in [0.15, 0.2) is 72.8 Å². The molecule has 3 aromatic carbocycles. The normalized spacial score (nSPS) is 19.7. The van der Waals surface area contributed by atoms with Crippen molar-refractivity contribution in [3.63, 3.8) is 0 Å². The number of aromatic hydroxyl groups is 1. The van der Waals surface area contributed by atoms with Gasteiger partial charge >= 0.3 is 0 Å². The number of halogens is 1. The van der Waals surface area contributed by atoms with Gasteiger partial charge in [-0.2, -0.15) is 0 Å². The van der Waals surface area contributed by atoms with Gasteiger partial charge in [0.15, 0.2) is 5.78 Å². The second-order valence-corrected chi connectivity index (χ2v) is 9.99. The van der Waals surface area contributed by atoms with Crippen molar-refractivity contribution in [1.82, 2.24) is 9.80 Å². The van der Waals surface area contributed by atoms with Crippen LogP contribution in [-0.2, 0) is 16.0 Å². The molecule has 0 radical (unpaired) electrons. The topological polar surface area (TPSA) is 70.1 Å². The van der Waals surface area contributed by atoms with E-state index in [0.717, 1.165) is 11.1 Å². The van der Waals surface area contributed by atoms with E-state index in [1.165, 1.54) is 18.2 Å². The summed E-state index contributed by atoms with van der Waals surface area (Å²) in [6.07, 6.45) is 0.228. The van der Waals surface area contributed by atoms with E-state index in [9.17, 15) is 19.1 Å². The molecule has 0 unspecified atom stereocenters. The molecule has 0 aliphatic carbocycles. The Labute approximate surface area is 223 Å². The van der Waals surface area contributed by atoms with Crippen LogP contribution in [0.2, 0.25) is 0 Å². The number of carbonyl (C=O) groups is 2. The van der Waals surface area contributed by atoms with Crippen LogP contribution >= 0.6 is 0 Å². The lowest BCUT2D eigenvalue weighted by molar-refractivity contribution is -0.133. The number of nitrogens with zero attached hydrogens (tertiary/aromatic N) is 2. The van der Waals surface area contributed by atoms with Crippen molar-refractivity contribution in [3.8, 4) is 5.75 Å². The molecule has 1 N–H and O–H groups in total. The molecule has 0 saturated carbocycles. The first-order valence-electron chi connectivity index (χ1n) is 12.9. The van der Waals surface area contributed by atoms with Crippen LogP contribution < -0.4 is 0 Å². The highest BCUT2D eigenvalue weighted by atomic mass is 19.1. The van der Waals surface area contributed by atoms with Crippen LogP contribution in [0.1, 0.15) is 33.0 Å². The highest BCUT2D eigenvalue weighted by molar-refractivity contribution is 5.99. The number of hydrogen-bond acceptors (Lipinski definition) is 5. The summed E-state index contributed by atoms with van der Waals surface area (Å²) >= 11 is 0. The van der Waals surface area contributed by atoms with Crippen LogP contribution in [0, 0.1) is 18.7 Å². The second-order valence-electron chi connectivity index (χ2n) is 9.99. The van der Waals surface area contributed by atoms with Crippen molar-refractivity contribution >= 4 is 11.7 Å². The molecule has 7 heteroatoms. The van der Waals surface area contributed by atoms with E-state index in [1.54, 1.807) is 44.2 Å². The van der Waals surface area contributed by atoms with Gasteiger partial charge in [-0.25, -0.2) is 4.39 Å². The minimum absolute atomic E-state index is 0.00749. The van der Waals surface area contributed by atoms with Crippen molar-refractivity contribution in [2.45, 2.75) is 25.3 Å². The van der Waals surface area contributed by atoms with Crippen LogP contribution in [0.25, 0.3) is 0 Å². The smallest absolute Gasteiger partial charge is 0.227 e. The molecular weight excluding hydrogens is 483 g/mol. The highest BCUT2D eigenvalue weighted by Crippen LogP contribution is 2.40. The first-order valence-corrected chi connectivity index (χ1v) is 12.9. The first kappa shape index (κ1) is 27.5. The molecule has 0 bridgehead atoms. The fraction of sp³-hybridized carbons (Fsp3) is 0.355. The van der Waals surface area contributed by atoms with Crippen molar-refractivity contribution in [2.75, 3.05) is 40.4 Å². The zero-order chi connectivity index (χ0) is 27.2. The van der Waals surface area contributed by atoms with Crippen molar-refractivity contribution in [3.05, 3.63) is 101 Å². The summed E-state index contributed by atoms with van der Waals surface area (Å²) in [5, 5.41) is 10.1. The lowest BCUT2D eigenvalue weighted by atomic mass is 9.72. The van der Waals surface area contributed by atoms with Gasteiger partial charge in [-0.15, -0.1) is 0 Å². The number of phenolic OH excluding ortho intramolecular Hbond substituents is 1. The summed E-state index contributed by atoms with van der Waals surface area (Å²) in [7, 11) is 3.40. The molecule has 1 saturated heterocycles. The zero-order valence-electron chi connectivity index (χ0n) is 22.1. The number of phenols is 1. The van der Waals surface area contributed by atoms with Crippen molar-refractivity contribution < 1.29 is 23.8 Å². The van der Waals surface area contributed by atoms with Gasteiger partial charge in [0, 0.05) is 51.2 Å². The van der Waals surface area contributed by atoms with Crippen LogP contribution in [0.4, 0.5) is 4.39 Å². The summed E-state index contributed by atoms with van der Waals surface area (Å²) in [4.78, 5) is 31.4. The van der Waals surface area contributed by atoms with Gasteiger partial charge in [0.05, 0.1) is 19.1 Å². The van der Waals surface area contributed by atoms with E-state index in [4.69, 9.17) is 4.74 Å². The molecule has 3 atom stereocenters. The summed E-state index contributed by atoms with van der Waals surface area (Å²) in [5.41, 5.74) is 2.49. The fourth-order valence-electron chi connectivity index (χ4n) is 5.49. The Bertz CT molecular complexity index is 1270. The third-order valence-electron chi connectivity index (χ3n) is 7.59. The number of ketones is 1. The minimum atomic E-state index is -0.570. The third-order valence-corrected chi connectivity index (χ3v) is 7.59. The molecule has 6 nitrogen and oxygen atoms in total. The zero-order valence-corrected chi connectivity index (χ0v) is 22.1. The van der Waals surface area contributed by atoms with E-state index < -0.39 is 11.8 Å². The van der Waals surface area contributed by atoms with Gasteiger partial charge in [0.2, 0.25) is 5.91 Å². The standard InChI is InChI=1S/C31H35FN2O4/c1-21-25(13-8-14-27(21)32)30-26(31(37)23-11-7-12-24(35)18-23)19-34(15-16-38-3)20-28(30)33(2)29(36)17-22-9-5-4-6-10-22/h4-14,18,26,28,30,35H,15-17,19-20H2,1-3H3/t26-,28+,30-/m0/s1. The lowest BCUT2D eigenvalue weighted by Gasteiger charge is -2.47. The molecule has 4 rings (SSSR count). The fourth-order valence-corrected chi connectivity index (χ4v) is 5.49. The number of likely N-dealkylation sites (N-methyl/N-ethyl adjacent to an activating group) is 1. The van der Waals surface area contributed by atoms with Crippen LogP contribution in [0.5, 0.6) is 5.75 Å². The number of ether oxygens (including phenoxy) is 1. The van der Waals surface area contributed by atoms with Crippen LogP contribution in [-0.4, -0.2) is 73.0 Å². The molecule has 0 aromatic heterocycles. The maximum atomic E-state index is 14.8. The number of Topliss-reactive ketones (excluding diaryl/α,β-unsaturated/α-hetero) is 1. The summed E-state index contributed by atoms with van der Waals surface area (Å²) < 4.78 is 20.1. The van der Waals surface area contributed by atoms with E-state index in [2.05, 4.69) is 4.90 Å². The number of carbonyl (C=O) groups excluding carboxylic acids is 2. The SMILES string of the molecule is COCCN1C[C@H](C(=O)c2cccc(O)c2)[C@H](c2cccc(F)c2C)[C@H](N(C)C(=O)Cc2ccccc2)C1. The molecule has 3 aromatic rings. The number of methoxy groups -OCH3 is 1. The summed E-state index contributed by atoms with van der Waals surface area (Å²) in [6.45, 7) is 3.73. The molecule has 1 amide bonds. The Kier molecular flexibility index (Phi) is 8.92. The molecule has 0 spiro atoms. The molecular formula is C31H35FN2O4. The summed E-state index contributed by atoms with van der Waals surface area (Å²) in [5.74, 6) is -1.56. The Morgan fingerprint density at radius 2 is 1.79 bits per heavy atom. The van der Waals surface area contributed by atoms with Gasteiger partial charge < -0.3 is 14.7 Å². The summed E-state index contributed by atoms with van der Waals surface area (Å²) in [6, 6.07) is 20.4. The average Bonchev–Trinajstić information content (AvgIpc) is 2.92. The maximum Gasteiger partial charge on any atom is 0.227 e. The largest absolute Gasteiger partial charge is 0.508 e. The van der Waals surface area contributed by atoms with Gasteiger partial charge in [-0.3, -0.25) is 14.5 Å². The predicted octanol–water partition coefficient (Wildman–Crippen LogP) is 4.45. The van der Waals surface area contributed by atoms with E-state index >= 15 is 0 Å². The Balaban J connectivity index is 1.78.